The third-order valence-electron chi connectivity index (χ3n) is 10.0. The van der Waals surface area contributed by atoms with Gasteiger partial charge in [-0.25, -0.2) is 8.42 Å². The molecule has 1 heterocycles. The molecule has 0 radical (unpaired) electrons. The number of carbonyl (C=O) groups is 4. The molecule has 1 aromatic carbocycles. The van der Waals surface area contributed by atoms with Crippen LogP contribution in [0.1, 0.15) is 65.9 Å². The first kappa shape index (κ1) is 43.9. The fourth-order valence-corrected chi connectivity index (χ4v) is 8.32. The van der Waals surface area contributed by atoms with E-state index in [9.17, 15) is 27.6 Å². The Kier molecular flexibility index (Phi) is 17.3. The number of nitrogens with one attached hydrogen (secondary N) is 3. The van der Waals surface area contributed by atoms with Gasteiger partial charge in [-0.1, -0.05) is 53.2 Å². The van der Waals surface area contributed by atoms with Crippen molar-refractivity contribution < 1.29 is 37.1 Å². The number of anilines is 1. The van der Waals surface area contributed by atoms with Crippen molar-refractivity contribution in [2.75, 3.05) is 60.8 Å². The number of sulfonamides is 1. The van der Waals surface area contributed by atoms with Crippen molar-refractivity contribution in [2.45, 2.75) is 96.4 Å². The average molecular weight is 739 g/mol. The summed E-state index contributed by atoms with van der Waals surface area (Å²) in [4.78, 5) is 58.6. The van der Waals surface area contributed by atoms with Crippen LogP contribution in [-0.2, 0) is 44.4 Å². The molecule has 15 heteroatoms. The Balaban J connectivity index is 2.16. The van der Waals surface area contributed by atoms with E-state index in [-0.39, 0.29) is 54.3 Å². The van der Waals surface area contributed by atoms with Gasteiger partial charge in [0, 0.05) is 40.5 Å². The fourth-order valence-electron chi connectivity index (χ4n) is 7.12. The van der Waals surface area contributed by atoms with E-state index in [0.717, 1.165) is 5.69 Å². The number of amides is 4. The molecule has 1 aliphatic rings. The maximum Gasteiger partial charge on any atom is 0.242 e. The van der Waals surface area contributed by atoms with Crippen LogP contribution in [0.3, 0.4) is 0 Å². The smallest absolute Gasteiger partial charge is 0.242 e. The number of likely N-dealkylation sites (tertiary alicyclic amines) is 1. The molecule has 0 spiro atoms. The first-order valence-electron chi connectivity index (χ1n) is 17.8. The van der Waals surface area contributed by atoms with E-state index >= 15 is 0 Å². The number of carbonyl (C=O) groups excluding carboxylic acids is 4. The molecule has 3 N–H and O–H groups in total. The van der Waals surface area contributed by atoms with Crippen molar-refractivity contribution in [1.29, 1.82) is 0 Å². The molecule has 1 fully saturated rings. The molecular formula is C36H62N6O8S. The molecule has 1 aromatic rings. The Morgan fingerprint density at radius 2 is 1.61 bits per heavy atom. The number of rotatable bonds is 20. The fraction of sp³-hybridized carbons (Fsp3) is 0.722. The molecule has 290 valence electrons. The van der Waals surface area contributed by atoms with Gasteiger partial charge >= 0.3 is 0 Å². The van der Waals surface area contributed by atoms with E-state index in [1.54, 1.807) is 55.1 Å². The molecule has 1 aliphatic heterocycles. The number of methoxy groups -OCH3 is 2. The molecule has 1 unspecified atom stereocenters. The van der Waals surface area contributed by atoms with Crippen LogP contribution >= 0.6 is 0 Å². The zero-order valence-corrected chi connectivity index (χ0v) is 33.2. The van der Waals surface area contributed by atoms with E-state index < -0.39 is 46.1 Å². The molecule has 51 heavy (non-hydrogen) atoms. The first-order valence-corrected chi connectivity index (χ1v) is 19.4. The second-order valence-electron chi connectivity index (χ2n) is 14.2. The highest BCUT2D eigenvalue weighted by atomic mass is 32.2. The van der Waals surface area contributed by atoms with E-state index in [1.807, 2.05) is 46.7 Å². The van der Waals surface area contributed by atoms with Crippen LogP contribution in [0.5, 0.6) is 0 Å². The summed E-state index contributed by atoms with van der Waals surface area (Å²) in [5.74, 6) is -2.70. The SMILES string of the molecule is CC[C@H](C)[C@@H]([C@@H](CC(=O)N1CCC[C@H]1[C@H](OC)[C@@H](C)C(=O)NS(=O)(=O)Cc1ccc(NC)cc1)OC)N(C)C(=O)CNC(=O)C(C(C)C)N(C)C. The zero-order chi connectivity index (χ0) is 38.6. The summed E-state index contributed by atoms with van der Waals surface area (Å²) in [6.45, 7) is 9.74. The Labute approximate surface area is 305 Å². The third kappa shape index (κ3) is 12.1. The molecule has 14 nitrogen and oxygen atoms in total. The van der Waals surface area contributed by atoms with Crippen LogP contribution in [0, 0.1) is 17.8 Å². The molecule has 0 aliphatic carbocycles. The average Bonchev–Trinajstić information content (AvgIpc) is 3.56. The van der Waals surface area contributed by atoms with Gasteiger partial charge in [-0.2, -0.15) is 0 Å². The Morgan fingerprint density at radius 1 is 0.980 bits per heavy atom. The first-order chi connectivity index (χ1) is 23.9. The maximum atomic E-state index is 14.0. The van der Waals surface area contributed by atoms with Gasteiger partial charge in [-0.15, -0.1) is 0 Å². The monoisotopic (exact) mass is 738 g/mol. The van der Waals surface area contributed by atoms with Gasteiger partial charge in [0.15, 0.2) is 0 Å². The second kappa shape index (κ2) is 20.1. The lowest BCUT2D eigenvalue weighted by Gasteiger charge is -2.39. The number of nitrogens with zero attached hydrogens (tertiary/aromatic N) is 3. The van der Waals surface area contributed by atoms with Crippen LogP contribution in [0.15, 0.2) is 24.3 Å². The van der Waals surface area contributed by atoms with Crippen LogP contribution in [0.2, 0.25) is 0 Å². The molecule has 1 saturated heterocycles. The van der Waals surface area contributed by atoms with Crippen LogP contribution in [-0.4, -0.2) is 133 Å². The molecule has 0 bridgehead atoms. The highest BCUT2D eigenvalue weighted by molar-refractivity contribution is 7.89. The van der Waals surface area contributed by atoms with Gasteiger partial charge in [-0.3, -0.25) is 28.8 Å². The van der Waals surface area contributed by atoms with Crippen molar-refractivity contribution in [3.05, 3.63) is 29.8 Å². The van der Waals surface area contributed by atoms with Gasteiger partial charge in [0.2, 0.25) is 33.7 Å². The summed E-state index contributed by atoms with van der Waals surface area (Å²) in [7, 11) is 6.04. The van der Waals surface area contributed by atoms with Crippen molar-refractivity contribution in [2.24, 2.45) is 17.8 Å². The zero-order valence-electron chi connectivity index (χ0n) is 32.4. The van der Waals surface area contributed by atoms with Gasteiger partial charge in [0.05, 0.1) is 55.0 Å². The summed E-state index contributed by atoms with van der Waals surface area (Å²) in [5.41, 5.74) is 1.36. The molecule has 7 atom stereocenters. The third-order valence-corrected chi connectivity index (χ3v) is 11.3. The van der Waals surface area contributed by atoms with E-state index in [0.29, 0.717) is 31.4 Å². The summed E-state index contributed by atoms with van der Waals surface area (Å²) in [6, 6.07) is 5.54. The predicted molar refractivity (Wildman–Crippen MR) is 198 cm³/mol. The number of benzene rings is 1. The predicted octanol–water partition coefficient (Wildman–Crippen LogP) is 2.30. The topological polar surface area (TPSA) is 167 Å². The largest absolute Gasteiger partial charge is 0.388 e. The number of ether oxygens (including phenoxy) is 2. The highest BCUT2D eigenvalue weighted by Crippen LogP contribution is 2.29. The normalized spacial score (nSPS) is 18.5. The van der Waals surface area contributed by atoms with E-state index in [2.05, 4.69) is 15.4 Å². The minimum Gasteiger partial charge on any atom is -0.388 e. The Hall–Kier alpha value is -3.27. The highest BCUT2D eigenvalue weighted by Gasteiger charge is 2.42. The molecular weight excluding hydrogens is 676 g/mol. The molecule has 4 amide bonds. The van der Waals surface area contributed by atoms with Crippen LogP contribution in [0.25, 0.3) is 0 Å². The molecule has 0 aromatic heterocycles. The van der Waals surface area contributed by atoms with Crippen molar-refractivity contribution in [3.8, 4) is 0 Å². The number of likely N-dealkylation sites (N-methyl/N-ethyl adjacent to an activating group) is 2. The van der Waals surface area contributed by atoms with Crippen molar-refractivity contribution in [3.63, 3.8) is 0 Å². The lowest BCUT2D eigenvalue weighted by Crippen LogP contribution is -2.55. The molecule has 0 saturated carbocycles. The lowest BCUT2D eigenvalue weighted by atomic mass is 9.90. The van der Waals surface area contributed by atoms with Crippen LogP contribution < -0.4 is 15.4 Å². The van der Waals surface area contributed by atoms with E-state index in [4.69, 9.17) is 9.47 Å². The summed E-state index contributed by atoms with van der Waals surface area (Å²) < 4.78 is 39.7. The minimum atomic E-state index is -4.00. The summed E-state index contributed by atoms with van der Waals surface area (Å²) >= 11 is 0. The van der Waals surface area contributed by atoms with Gasteiger partial charge in [0.25, 0.3) is 0 Å². The number of hydrogen-bond acceptors (Lipinski definition) is 10. The van der Waals surface area contributed by atoms with Crippen molar-refractivity contribution >= 4 is 39.3 Å². The maximum absolute atomic E-state index is 14.0. The quantitative estimate of drug-likeness (QED) is 0.181. The summed E-state index contributed by atoms with van der Waals surface area (Å²) in [6.07, 6.45) is 0.518. The Bertz CT molecular complexity index is 1400. The van der Waals surface area contributed by atoms with Crippen molar-refractivity contribution in [1.82, 2.24) is 24.7 Å². The second-order valence-corrected chi connectivity index (χ2v) is 15.9. The van der Waals surface area contributed by atoms with Gasteiger partial charge in [0.1, 0.15) is 0 Å². The minimum absolute atomic E-state index is 0.0280. The summed E-state index contributed by atoms with van der Waals surface area (Å²) in [5, 5.41) is 5.76. The van der Waals surface area contributed by atoms with Crippen LogP contribution in [0.4, 0.5) is 5.69 Å². The van der Waals surface area contributed by atoms with Gasteiger partial charge < -0.3 is 29.9 Å². The van der Waals surface area contributed by atoms with Gasteiger partial charge in [-0.05, 0) is 56.5 Å². The lowest BCUT2D eigenvalue weighted by molar-refractivity contribution is -0.145. The standard InChI is InChI=1S/C36H62N6O8S/c1-12-24(4)33(41(9)31(44)21-38-36(46)32(23(2)3)40(7)8)29(49-10)20-30(43)42-19-13-14-28(42)34(50-11)25(5)35(45)39-51(47,48)22-26-15-17-27(37-6)18-16-26/h15-18,23-25,28-29,32-34,37H,12-14,19-22H2,1-11H3,(H,38,46)(H,39,45)/t24-,25+,28-,29+,32?,33-,34+/m0/s1. The Morgan fingerprint density at radius 3 is 2.12 bits per heavy atom. The number of hydrogen-bond donors (Lipinski definition) is 3. The van der Waals surface area contributed by atoms with E-state index in [1.165, 1.54) is 14.2 Å². The molecule has 2 rings (SSSR count).